The van der Waals surface area contributed by atoms with E-state index in [0.717, 1.165) is 0 Å². The molecule has 6 heteroatoms. The van der Waals surface area contributed by atoms with Crippen LogP contribution in [0.4, 0.5) is 0 Å². The quantitative estimate of drug-likeness (QED) is 0.697. The molecule has 0 saturated heterocycles. The molecule has 2 N–H and O–H groups in total. The van der Waals surface area contributed by atoms with Crippen molar-refractivity contribution < 1.29 is 29.3 Å². The molecule has 3 rings (SSSR count). The zero-order valence-electron chi connectivity index (χ0n) is 12.1. The largest absolute Gasteiger partial charge is 0.507 e. The fourth-order valence-electron chi connectivity index (χ4n) is 2.68. The Kier molecular flexibility index (Phi) is 3.37. The van der Waals surface area contributed by atoms with E-state index in [1.54, 1.807) is 0 Å². The molecule has 0 bridgehead atoms. The minimum atomic E-state index is -0.574. The highest BCUT2D eigenvalue weighted by Crippen LogP contribution is 2.37. The summed E-state index contributed by atoms with van der Waals surface area (Å²) >= 11 is 0. The van der Waals surface area contributed by atoms with Gasteiger partial charge in [-0.15, -0.1) is 0 Å². The second kappa shape index (κ2) is 5.24. The zero-order valence-corrected chi connectivity index (χ0v) is 12.1. The Hall–Kier alpha value is -3.15. The second-order valence-corrected chi connectivity index (χ2v) is 5.15. The predicted octanol–water partition coefficient (Wildman–Crippen LogP) is 1.59. The lowest BCUT2D eigenvalue weighted by molar-refractivity contribution is -0.139. The maximum Gasteiger partial charge on any atom is 0.309 e. The van der Waals surface area contributed by atoms with Crippen molar-refractivity contribution in [2.75, 3.05) is 7.11 Å². The first kappa shape index (κ1) is 14.8. The molecule has 1 aliphatic rings. The van der Waals surface area contributed by atoms with Gasteiger partial charge in [-0.1, -0.05) is 12.1 Å². The number of aromatic hydroxyl groups is 2. The molecule has 0 atom stereocenters. The molecular weight excluding hydrogens is 300 g/mol. The predicted molar refractivity (Wildman–Crippen MR) is 78.8 cm³/mol. The molecular formula is C17H12O6. The van der Waals surface area contributed by atoms with Crippen LogP contribution in [0, 0.1) is 0 Å². The van der Waals surface area contributed by atoms with Gasteiger partial charge in [0.15, 0.2) is 11.6 Å². The van der Waals surface area contributed by atoms with Gasteiger partial charge in [0.2, 0.25) is 0 Å². The first-order valence-electron chi connectivity index (χ1n) is 6.78. The topological polar surface area (TPSA) is 101 Å². The molecule has 0 amide bonds. The maximum absolute atomic E-state index is 12.6. The fraction of sp³-hybridized carbons (Fsp3) is 0.118. The number of esters is 1. The molecule has 2 aromatic rings. The number of carbonyl (C=O) groups is 3. The van der Waals surface area contributed by atoms with Gasteiger partial charge in [-0.3, -0.25) is 14.4 Å². The van der Waals surface area contributed by atoms with Gasteiger partial charge in [-0.25, -0.2) is 0 Å². The van der Waals surface area contributed by atoms with Crippen LogP contribution in [0.1, 0.15) is 37.4 Å². The fourth-order valence-corrected chi connectivity index (χ4v) is 2.68. The molecule has 1 aliphatic carbocycles. The number of ether oxygens (including phenoxy) is 1. The van der Waals surface area contributed by atoms with Gasteiger partial charge in [-0.05, 0) is 23.8 Å². The van der Waals surface area contributed by atoms with Gasteiger partial charge in [0.1, 0.15) is 11.5 Å². The maximum atomic E-state index is 12.6. The number of methoxy groups -OCH3 is 1. The number of rotatable bonds is 2. The van der Waals surface area contributed by atoms with Crippen LogP contribution < -0.4 is 0 Å². The summed E-state index contributed by atoms with van der Waals surface area (Å²) in [5, 5.41) is 20.0. The second-order valence-electron chi connectivity index (χ2n) is 5.15. The number of fused-ring (bicyclic) bond motifs is 2. The van der Waals surface area contributed by atoms with Gasteiger partial charge in [0.05, 0.1) is 24.7 Å². The van der Waals surface area contributed by atoms with Crippen LogP contribution in [0.2, 0.25) is 0 Å². The van der Waals surface area contributed by atoms with Gasteiger partial charge >= 0.3 is 5.97 Å². The van der Waals surface area contributed by atoms with E-state index in [9.17, 15) is 24.6 Å². The van der Waals surface area contributed by atoms with Crippen LogP contribution in [0.5, 0.6) is 11.5 Å². The average molecular weight is 312 g/mol. The van der Waals surface area contributed by atoms with Crippen LogP contribution in [-0.4, -0.2) is 34.9 Å². The SMILES string of the molecule is COC(=O)Cc1cc(O)c2c(c1)C(=O)c1c(O)cccc1C2=O. The standard InChI is InChI=1S/C17H12O6/c1-23-13(20)7-8-5-10-15(12(19)6-8)16(21)9-3-2-4-11(18)14(9)17(10)22/h2-6,18-19H,7H2,1H3. The summed E-state index contributed by atoms with van der Waals surface area (Å²) < 4.78 is 4.55. The van der Waals surface area contributed by atoms with E-state index < -0.39 is 17.5 Å². The summed E-state index contributed by atoms with van der Waals surface area (Å²) in [6.07, 6.45) is -0.146. The zero-order chi connectivity index (χ0) is 16.7. The molecule has 0 unspecified atom stereocenters. The smallest absolute Gasteiger partial charge is 0.309 e. The van der Waals surface area contributed by atoms with E-state index in [-0.39, 0.29) is 40.2 Å². The van der Waals surface area contributed by atoms with Crippen molar-refractivity contribution in [3.63, 3.8) is 0 Å². The molecule has 0 saturated carbocycles. The molecule has 0 spiro atoms. The number of hydrogen-bond donors (Lipinski definition) is 2. The van der Waals surface area contributed by atoms with E-state index in [4.69, 9.17) is 0 Å². The Morgan fingerprint density at radius 3 is 2.35 bits per heavy atom. The van der Waals surface area contributed by atoms with E-state index in [1.807, 2.05) is 0 Å². The summed E-state index contributed by atoms with van der Waals surface area (Å²) in [4.78, 5) is 36.5. The summed E-state index contributed by atoms with van der Waals surface area (Å²) in [6, 6.07) is 6.80. The van der Waals surface area contributed by atoms with E-state index in [2.05, 4.69) is 4.74 Å². The van der Waals surface area contributed by atoms with Gasteiger partial charge in [0.25, 0.3) is 0 Å². The molecule has 23 heavy (non-hydrogen) atoms. The molecule has 6 nitrogen and oxygen atoms in total. The lowest BCUT2D eigenvalue weighted by atomic mass is 9.82. The van der Waals surface area contributed by atoms with E-state index >= 15 is 0 Å². The third-order valence-corrected chi connectivity index (χ3v) is 3.74. The Labute approximate surface area is 130 Å². The van der Waals surface area contributed by atoms with E-state index in [0.29, 0.717) is 5.56 Å². The van der Waals surface area contributed by atoms with Crippen molar-refractivity contribution in [1.29, 1.82) is 0 Å². The van der Waals surface area contributed by atoms with Crippen LogP contribution >= 0.6 is 0 Å². The highest BCUT2D eigenvalue weighted by molar-refractivity contribution is 6.30. The molecule has 0 radical (unpaired) electrons. The van der Waals surface area contributed by atoms with Gasteiger partial charge in [-0.2, -0.15) is 0 Å². The Balaban J connectivity index is 2.20. The first-order chi connectivity index (χ1) is 10.9. The van der Waals surface area contributed by atoms with Crippen LogP contribution in [-0.2, 0) is 16.0 Å². The van der Waals surface area contributed by atoms with Crippen molar-refractivity contribution in [2.24, 2.45) is 0 Å². The third-order valence-electron chi connectivity index (χ3n) is 3.74. The van der Waals surface area contributed by atoms with Crippen LogP contribution in [0.25, 0.3) is 0 Å². The summed E-state index contributed by atoms with van der Waals surface area (Å²) in [5.74, 6) is -2.34. The lowest BCUT2D eigenvalue weighted by Gasteiger charge is -2.20. The Morgan fingerprint density at radius 1 is 1.00 bits per heavy atom. The summed E-state index contributed by atoms with van der Waals surface area (Å²) in [7, 11) is 1.23. The molecule has 2 aromatic carbocycles. The van der Waals surface area contributed by atoms with Crippen molar-refractivity contribution in [3.05, 3.63) is 58.1 Å². The highest BCUT2D eigenvalue weighted by Gasteiger charge is 2.34. The molecule has 0 aromatic heterocycles. The lowest BCUT2D eigenvalue weighted by Crippen LogP contribution is -2.21. The van der Waals surface area contributed by atoms with Crippen molar-refractivity contribution in [1.82, 2.24) is 0 Å². The Morgan fingerprint density at radius 2 is 1.65 bits per heavy atom. The van der Waals surface area contributed by atoms with E-state index in [1.165, 1.54) is 37.4 Å². The summed E-state index contributed by atoms with van der Waals surface area (Å²) in [6.45, 7) is 0. The van der Waals surface area contributed by atoms with Crippen molar-refractivity contribution >= 4 is 17.5 Å². The van der Waals surface area contributed by atoms with Gasteiger partial charge < -0.3 is 14.9 Å². The van der Waals surface area contributed by atoms with Crippen molar-refractivity contribution in [2.45, 2.75) is 6.42 Å². The number of benzene rings is 2. The number of hydrogen-bond acceptors (Lipinski definition) is 6. The number of carbonyl (C=O) groups excluding carboxylic acids is 3. The normalized spacial score (nSPS) is 12.6. The minimum Gasteiger partial charge on any atom is -0.507 e. The molecule has 0 fully saturated rings. The highest BCUT2D eigenvalue weighted by atomic mass is 16.5. The summed E-state index contributed by atoms with van der Waals surface area (Å²) in [5.41, 5.74) is 0.121. The molecule has 116 valence electrons. The average Bonchev–Trinajstić information content (AvgIpc) is 2.51. The van der Waals surface area contributed by atoms with Crippen molar-refractivity contribution in [3.8, 4) is 11.5 Å². The first-order valence-corrected chi connectivity index (χ1v) is 6.78. The molecule has 0 heterocycles. The van der Waals surface area contributed by atoms with Gasteiger partial charge in [0, 0.05) is 11.1 Å². The Bertz CT molecular complexity index is 866. The van der Waals surface area contributed by atoms with Crippen LogP contribution in [0.15, 0.2) is 30.3 Å². The number of ketones is 2. The monoisotopic (exact) mass is 312 g/mol. The number of phenols is 2. The third kappa shape index (κ3) is 2.24. The minimum absolute atomic E-state index is 0.0390. The van der Waals surface area contributed by atoms with Crippen LogP contribution in [0.3, 0.4) is 0 Å². The number of phenolic OH excluding ortho intramolecular Hbond substituents is 2. The molecule has 0 aliphatic heterocycles.